The Hall–Kier alpha value is 4.07. The molecule has 0 aromatic rings. The molecule has 0 rings (SSSR count). The molecule has 0 amide bonds. The van der Waals surface area contributed by atoms with Crippen LogP contribution in [0, 0.1) is 0 Å². The first-order valence-electron chi connectivity index (χ1n) is 8.07. The fraction of sp³-hybridized carbons (Fsp3) is 0.529. The van der Waals surface area contributed by atoms with E-state index in [1.165, 1.54) is 17.2 Å². The summed E-state index contributed by atoms with van der Waals surface area (Å²) in [6.45, 7) is 7.80. The van der Waals surface area contributed by atoms with Crippen LogP contribution in [0.3, 0.4) is 0 Å². The van der Waals surface area contributed by atoms with Crippen molar-refractivity contribution in [1.82, 2.24) is 0 Å². The van der Waals surface area contributed by atoms with Gasteiger partial charge in [-0.05, 0) is 53.4 Å². The van der Waals surface area contributed by atoms with Gasteiger partial charge in [0.1, 0.15) is 0 Å². The van der Waals surface area contributed by atoms with Gasteiger partial charge in [0.05, 0.1) is 0 Å². The van der Waals surface area contributed by atoms with E-state index in [-0.39, 0.29) is 160 Å². The molecule has 0 fully saturated rings. The minimum Gasteiger partial charge on any atom is -0.806 e. The van der Waals surface area contributed by atoms with Gasteiger partial charge in [-0.3, -0.25) is 4.57 Å². The summed E-state index contributed by atoms with van der Waals surface area (Å²) in [7, 11) is -12.1. The van der Waals surface area contributed by atoms with E-state index in [9.17, 15) is 27.7 Å². The van der Waals surface area contributed by atoms with Gasteiger partial charge in [0.2, 0.25) is 0 Å². The third-order valence-electron chi connectivity index (χ3n) is 3.51. The van der Waals surface area contributed by atoms with Gasteiger partial charge in [0.25, 0.3) is 7.37 Å². The zero-order valence-corrected chi connectivity index (χ0v) is 29.6. The smallest absolute Gasteiger partial charge is 0.806 e. The van der Waals surface area contributed by atoms with E-state index < -0.39 is 20.4 Å². The third kappa shape index (κ3) is 17.2. The van der Waals surface area contributed by atoms with Gasteiger partial charge in [-0.1, -0.05) is 41.0 Å². The van der Waals surface area contributed by atoms with Crippen LogP contribution in [0.5, 0.6) is 0 Å². The minimum absolute atomic E-state index is 0. The molecule has 150 valence electrons. The van der Waals surface area contributed by atoms with Gasteiger partial charge in [0.15, 0.2) is 0 Å². The Balaban J connectivity index is -0.00000104. The Kier molecular flexibility index (Phi) is 26.8. The van der Waals surface area contributed by atoms with Crippen LogP contribution >= 0.6 is 15.0 Å². The molecular formula is C17H26F2K3O5P2+. The molecule has 5 nitrogen and oxygen atoms in total. The molecule has 0 aromatic heterocycles. The van der Waals surface area contributed by atoms with Gasteiger partial charge in [-0.25, -0.2) is 0 Å². The van der Waals surface area contributed by atoms with Crippen molar-refractivity contribution < 1.29 is 187 Å². The molecule has 0 aromatic carbocycles. The Bertz CT molecular complexity index is 697. The molecule has 0 spiro atoms. The maximum atomic E-state index is 13.2. The Morgan fingerprint density at radius 1 is 0.931 bits per heavy atom. The van der Waals surface area contributed by atoms with Crippen molar-refractivity contribution in [2.45, 2.75) is 58.8 Å². The standard InChI is InChI=1S/C17H28F2O5P2.3K/c1-14(2)8-5-9-15(3)10-6-11-16(4)12-7-13-25(20,21)17(18,19)26(22,23)24;;;/h7-8,10,12-13H,5-6,9,11H2,1-4H3,(H,20,21)(H2,22,23,24);;;/q;3*+1/p-2/b13-7+,15-10+,16-12+;;;. The van der Waals surface area contributed by atoms with Gasteiger partial charge in [-0.15, -0.1) is 0 Å². The van der Waals surface area contributed by atoms with Crippen LogP contribution in [0.25, 0.3) is 0 Å². The summed E-state index contributed by atoms with van der Waals surface area (Å²) in [5.41, 5.74) is 3.25. The van der Waals surface area contributed by atoms with E-state index in [0.717, 1.165) is 30.9 Å². The van der Waals surface area contributed by atoms with Crippen molar-refractivity contribution in [3.63, 3.8) is 0 Å². The molecule has 0 aliphatic heterocycles. The van der Waals surface area contributed by atoms with E-state index in [4.69, 9.17) is 4.89 Å². The Morgan fingerprint density at radius 3 is 1.83 bits per heavy atom. The Labute approximate surface area is 300 Å². The molecule has 0 saturated heterocycles. The summed E-state index contributed by atoms with van der Waals surface area (Å²) in [6.07, 6.45) is 9.68. The maximum absolute atomic E-state index is 13.2. The zero-order chi connectivity index (χ0) is 20.6. The molecule has 0 bridgehead atoms. The minimum atomic E-state index is -6.53. The topological polar surface area (TPSA) is 100 Å². The first-order valence-corrected chi connectivity index (χ1v) is 11.3. The average molecular weight is 528 g/mol. The first-order chi connectivity index (χ1) is 11.7. The second kappa shape index (κ2) is 19.3. The fourth-order valence-corrected chi connectivity index (χ4v) is 4.01. The SMILES string of the molecule is CC(C)=CCC/C(C)=C/CC/C(C)=C/C=C/P(=O)(O)C(F)(F)P(=O)([O-])[O-].[K+].[K+].[K+]. The number of hydrogen-bond donors (Lipinski definition) is 1. The Morgan fingerprint density at radius 2 is 1.38 bits per heavy atom. The quantitative estimate of drug-likeness (QED) is 0.134. The van der Waals surface area contributed by atoms with Crippen LogP contribution in [-0.4, -0.2) is 10.3 Å². The van der Waals surface area contributed by atoms with Crippen molar-refractivity contribution in [2.24, 2.45) is 0 Å². The molecule has 1 atom stereocenters. The second-order valence-electron chi connectivity index (χ2n) is 6.39. The summed E-state index contributed by atoms with van der Waals surface area (Å²) in [4.78, 5) is 30.1. The summed E-state index contributed by atoms with van der Waals surface area (Å²) >= 11 is 0. The molecule has 29 heavy (non-hydrogen) atoms. The van der Waals surface area contributed by atoms with Crippen LogP contribution in [0.15, 0.2) is 46.8 Å². The predicted molar refractivity (Wildman–Crippen MR) is 96.9 cm³/mol. The number of allylic oxidation sites excluding steroid dienone is 7. The fourth-order valence-electron chi connectivity index (χ4n) is 1.91. The molecule has 0 aliphatic rings. The number of halogens is 2. The summed E-state index contributed by atoms with van der Waals surface area (Å²) in [5.74, 6) is 0.180. The molecule has 0 heterocycles. The largest absolute Gasteiger partial charge is 1.00 e. The van der Waals surface area contributed by atoms with Crippen LogP contribution in [0.2, 0.25) is 0 Å². The third-order valence-corrected chi connectivity index (χ3v) is 7.11. The monoisotopic (exact) mass is 527 g/mol. The van der Waals surface area contributed by atoms with Crippen molar-refractivity contribution >= 4 is 15.0 Å². The second-order valence-corrected chi connectivity index (χ2v) is 10.4. The molecule has 0 radical (unpaired) electrons. The van der Waals surface area contributed by atoms with Crippen molar-refractivity contribution in [3.8, 4) is 0 Å². The molecule has 1 N–H and O–H groups in total. The van der Waals surface area contributed by atoms with E-state index in [1.807, 2.05) is 20.8 Å². The molecule has 1 unspecified atom stereocenters. The zero-order valence-electron chi connectivity index (χ0n) is 18.4. The molecular weight excluding hydrogens is 501 g/mol. The van der Waals surface area contributed by atoms with E-state index >= 15 is 0 Å². The molecule has 12 heteroatoms. The van der Waals surface area contributed by atoms with E-state index in [1.54, 1.807) is 6.92 Å². The van der Waals surface area contributed by atoms with Gasteiger partial charge in [-0.2, -0.15) is 8.78 Å². The van der Waals surface area contributed by atoms with Gasteiger partial charge in [0, 0.05) is 13.4 Å². The van der Waals surface area contributed by atoms with Crippen LogP contribution < -0.4 is 164 Å². The van der Waals surface area contributed by atoms with Crippen LogP contribution in [0.4, 0.5) is 8.78 Å². The number of alkyl halides is 2. The van der Waals surface area contributed by atoms with Crippen molar-refractivity contribution in [2.75, 3.05) is 0 Å². The first kappa shape index (κ1) is 40.2. The van der Waals surface area contributed by atoms with E-state index in [2.05, 4.69) is 12.2 Å². The van der Waals surface area contributed by atoms with Crippen molar-refractivity contribution in [3.05, 3.63) is 46.8 Å². The predicted octanol–water partition coefficient (Wildman–Crippen LogP) is -4.33. The van der Waals surface area contributed by atoms with Gasteiger partial charge >= 0.3 is 160 Å². The average Bonchev–Trinajstić information content (AvgIpc) is 2.45. The molecule has 0 saturated carbocycles. The van der Waals surface area contributed by atoms with Crippen molar-refractivity contribution in [1.29, 1.82) is 0 Å². The van der Waals surface area contributed by atoms with Crippen LogP contribution in [-0.2, 0) is 9.13 Å². The van der Waals surface area contributed by atoms with Gasteiger partial charge < -0.3 is 19.2 Å². The summed E-state index contributed by atoms with van der Waals surface area (Å²) in [6, 6.07) is 0. The molecule has 0 aliphatic carbocycles. The number of hydrogen-bond acceptors (Lipinski definition) is 4. The summed E-state index contributed by atoms with van der Waals surface area (Å²) < 4.78 is 48.2. The van der Waals surface area contributed by atoms with E-state index in [0.29, 0.717) is 6.42 Å². The van der Waals surface area contributed by atoms with Crippen LogP contribution in [0.1, 0.15) is 53.4 Å². The summed E-state index contributed by atoms with van der Waals surface area (Å²) in [5, 5.41) is -5.22. The normalized spacial score (nSPS) is 14.9. The maximum Gasteiger partial charge on any atom is 1.00 e. The number of rotatable bonds is 10.